The van der Waals surface area contributed by atoms with Crippen LogP contribution in [0.2, 0.25) is 0 Å². The Morgan fingerprint density at radius 1 is 1.40 bits per heavy atom. The van der Waals surface area contributed by atoms with Crippen molar-refractivity contribution >= 4 is 11.7 Å². The molecular weight excluding hydrogens is 314 g/mol. The Balaban J connectivity index is 1.70. The van der Waals surface area contributed by atoms with Gasteiger partial charge >= 0.3 is 0 Å². The summed E-state index contributed by atoms with van der Waals surface area (Å²) in [5, 5.41) is 2.63. The van der Waals surface area contributed by atoms with Gasteiger partial charge in [-0.1, -0.05) is 30.2 Å². The summed E-state index contributed by atoms with van der Waals surface area (Å²) in [4.78, 5) is 18.5. The number of carbonyl (C=O) groups excluding carboxylic acids is 1. The lowest BCUT2D eigenvalue weighted by atomic mass is 10.0. The number of pyridine rings is 1. The van der Waals surface area contributed by atoms with Gasteiger partial charge in [-0.3, -0.25) is 4.79 Å². The maximum atomic E-state index is 11.9. The molecular formula is C20H21N3O2. The first-order valence-electron chi connectivity index (χ1n) is 8.29. The van der Waals surface area contributed by atoms with Gasteiger partial charge in [0.1, 0.15) is 11.9 Å². The van der Waals surface area contributed by atoms with E-state index in [0.29, 0.717) is 12.2 Å². The van der Waals surface area contributed by atoms with Crippen LogP contribution in [0.1, 0.15) is 27.6 Å². The van der Waals surface area contributed by atoms with Crippen molar-refractivity contribution in [1.29, 1.82) is 0 Å². The number of nitrogens with one attached hydrogen (secondary N) is 1. The molecule has 1 aliphatic rings. The van der Waals surface area contributed by atoms with Gasteiger partial charge in [0.15, 0.2) is 0 Å². The number of anilines is 1. The molecule has 2 aromatic rings. The van der Waals surface area contributed by atoms with E-state index >= 15 is 0 Å². The molecule has 25 heavy (non-hydrogen) atoms. The maximum absolute atomic E-state index is 11.9. The molecule has 3 rings (SSSR count). The lowest BCUT2D eigenvalue weighted by Gasteiger charge is -2.34. The van der Waals surface area contributed by atoms with Crippen molar-refractivity contribution in [3.05, 3.63) is 59.3 Å². The molecule has 2 heterocycles. The van der Waals surface area contributed by atoms with Crippen molar-refractivity contribution in [1.82, 2.24) is 10.3 Å². The van der Waals surface area contributed by atoms with Crippen molar-refractivity contribution in [2.45, 2.75) is 13.0 Å². The fraction of sp³-hybridized carbons (Fsp3) is 0.300. The highest BCUT2D eigenvalue weighted by Crippen LogP contribution is 2.27. The van der Waals surface area contributed by atoms with Crippen LogP contribution in [0.3, 0.4) is 0 Å². The predicted molar refractivity (Wildman–Crippen MR) is 97.5 cm³/mol. The molecule has 5 heteroatoms. The summed E-state index contributed by atoms with van der Waals surface area (Å²) in [6.07, 6.45) is 6.76. The summed E-state index contributed by atoms with van der Waals surface area (Å²) in [5.74, 6) is 3.01. The van der Waals surface area contributed by atoms with E-state index in [2.05, 4.69) is 40.2 Å². The first-order chi connectivity index (χ1) is 12.2. The van der Waals surface area contributed by atoms with E-state index in [1.165, 1.54) is 11.1 Å². The lowest BCUT2D eigenvalue weighted by molar-refractivity contribution is 0.0391. The average molecular weight is 335 g/mol. The van der Waals surface area contributed by atoms with Crippen LogP contribution >= 0.6 is 0 Å². The number of terminal acetylenes is 1. The van der Waals surface area contributed by atoms with Crippen LogP contribution in [-0.4, -0.2) is 37.1 Å². The largest absolute Gasteiger partial charge is 0.370 e. The normalized spacial score (nSPS) is 17.0. The number of carbonyl (C=O) groups is 1. The molecule has 0 saturated carbocycles. The zero-order chi connectivity index (χ0) is 17.6. The van der Waals surface area contributed by atoms with Gasteiger partial charge in [-0.25, -0.2) is 4.98 Å². The third-order valence-electron chi connectivity index (χ3n) is 4.29. The highest BCUT2D eigenvalue weighted by molar-refractivity contribution is 5.94. The molecule has 1 fully saturated rings. The lowest BCUT2D eigenvalue weighted by Crippen LogP contribution is -2.39. The van der Waals surface area contributed by atoms with Crippen molar-refractivity contribution in [2.75, 3.05) is 31.1 Å². The smallest absolute Gasteiger partial charge is 0.253 e. The van der Waals surface area contributed by atoms with Crippen molar-refractivity contribution < 1.29 is 9.53 Å². The van der Waals surface area contributed by atoms with E-state index in [9.17, 15) is 4.79 Å². The monoisotopic (exact) mass is 335 g/mol. The van der Waals surface area contributed by atoms with Gasteiger partial charge in [-0.15, -0.1) is 6.42 Å². The molecule has 1 amide bonds. The fourth-order valence-corrected chi connectivity index (χ4v) is 2.93. The number of hydrogen-bond donors (Lipinski definition) is 1. The molecule has 1 unspecified atom stereocenters. The summed E-state index contributed by atoms with van der Waals surface area (Å²) in [6.45, 7) is 4.46. The molecule has 1 aromatic heterocycles. The number of nitrogens with zero attached hydrogens (tertiary/aromatic N) is 2. The minimum atomic E-state index is -0.211. The first kappa shape index (κ1) is 17.0. The Morgan fingerprint density at radius 3 is 2.96 bits per heavy atom. The van der Waals surface area contributed by atoms with Gasteiger partial charge in [0.2, 0.25) is 0 Å². The van der Waals surface area contributed by atoms with Crippen LogP contribution in [-0.2, 0) is 4.74 Å². The van der Waals surface area contributed by atoms with Crippen LogP contribution in [0, 0.1) is 19.3 Å². The van der Waals surface area contributed by atoms with Gasteiger partial charge in [0.25, 0.3) is 5.91 Å². The van der Waals surface area contributed by atoms with Gasteiger partial charge in [-0.2, -0.15) is 0 Å². The third kappa shape index (κ3) is 3.98. The van der Waals surface area contributed by atoms with Crippen LogP contribution in [0.15, 0.2) is 42.6 Å². The Morgan fingerprint density at radius 2 is 2.24 bits per heavy atom. The Labute approximate surface area is 148 Å². The summed E-state index contributed by atoms with van der Waals surface area (Å²) in [6, 6.07) is 11.9. The molecule has 1 saturated heterocycles. The summed E-state index contributed by atoms with van der Waals surface area (Å²) >= 11 is 0. The highest BCUT2D eigenvalue weighted by Gasteiger charge is 2.24. The third-order valence-corrected chi connectivity index (χ3v) is 4.29. The fourth-order valence-electron chi connectivity index (χ4n) is 2.93. The quantitative estimate of drug-likeness (QED) is 0.872. The number of hydrogen-bond acceptors (Lipinski definition) is 4. The number of morpholine rings is 1. The van der Waals surface area contributed by atoms with Crippen LogP contribution in [0.5, 0.6) is 0 Å². The van der Waals surface area contributed by atoms with E-state index in [-0.39, 0.29) is 18.6 Å². The second kappa shape index (κ2) is 7.82. The van der Waals surface area contributed by atoms with Crippen LogP contribution < -0.4 is 10.2 Å². The van der Waals surface area contributed by atoms with Gasteiger partial charge in [-0.05, 0) is 30.2 Å². The second-order valence-corrected chi connectivity index (χ2v) is 5.95. The second-order valence-electron chi connectivity index (χ2n) is 5.95. The molecule has 0 bridgehead atoms. The number of benzene rings is 1. The van der Waals surface area contributed by atoms with Crippen LogP contribution in [0.25, 0.3) is 0 Å². The number of aromatic nitrogens is 1. The van der Waals surface area contributed by atoms with E-state index in [0.717, 1.165) is 18.9 Å². The van der Waals surface area contributed by atoms with Gasteiger partial charge in [0, 0.05) is 19.3 Å². The Kier molecular flexibility index (Phi) is 5.32. The Bertz CT molecular complexity index is 780. The van der Waals surface area contributed by atoms with Crippen molar-refractivity contribution in [3.8, 4) is 12.3 Å². The minimum absolute atomic E-state index is 0.0235. The molecule has 0 aliphatic carbocycles. The molecule has 1 aromatic carbocycles. The minimum Gasteiger partial charge on any atom is -0.370 e. The number of amides is 1. The molecule has 1 aliphatic heterocycles. The molecule has 128 valence electrons. The van der Waals surface area contributed by atoms with E-state index in [1.54, 1.807) is 12.3 Å². The van der Waals surface area contributed by atoms with Crippen LogP contribution in [0.4, 0.5) is 5.82 Å². The van der Waals surface area contributed by atoms with Gasteiger partial charge in [0.05, 0.1) is 18.7 Å². The van der Waals surface area contributed by atoms with E-state index < -0.39 is 0 Å². The molecule has 5 nitrogen and oxygen atoms in total. The topological polar surface area (TPSA) is 54.5 Å². The zero-order valence-electron chi connectivity index (χ0n) is 14.2. The Hall–Kier alpha value is -2.84. The molecule has 1 atom stereocenters. The summed E-state index contributed by atoms with van der Waals surface area (Å²) < 4.78 is 5.95. The van der Waals surface area contributed by atoms with E-state index in [1.807, 2.05) is 18.2 Å². The molecule has 0 radical (unpaired) electrons. The summed E-state index contributed by atoms with van der Waals surface area (Å²) in [5.41, 5.74) is 2.93. The molecule has 0 spiro atoms. The number of rotatable bonds is 4. The van der Waals surface area contributed by atoms with E-state index in [4.69, 9.17) is 11.2 Å². The summed E-state index contributed by atoms with van der Waals surface area (Å²) in [7, 11) is 0. The standard InChI is InChI=1S/C20H21N3O2/c1-3-10-21-20(24)16-8-9-19(22-13-16)23-11-12-25-18(14-23)17-7-5-4-6-15(17)2/h1,4-9,13,18H,10-12,14H2,2H3,(H,21,24). The van der Waals surface area contributed by atoms with Gasteiger partial charge < -0.3 is 15.0 Å². The number of ether oxygens (including phenoxy) is 1. The molecule has 1 N–H and O–H groups in total. The van der Waals surface area contributed by atoms with Crippen molar-refractivity contribution in [2.24, 2.45) is 0 Å². The predicted octanol–water partition coefficient (Wildman–Crippen LogP) is 2.33. The maximum Gasteiger partial charge on any atom is 0.253 e. The van der Waals surface area contributed by atoms with Crippen molar-refractivity contribution in [3.63, 3.8) is 0 Å². The average Bonchev–Trinajstić information content (AvgIpc) is 2.67. The SMILES string of the molecule is C#CCNC(=O)c1ccc(N2CCOC(c3ccccc3C)C2)nc1. The number of aryl methyl sites for hydroxylation is 1. The zero-order valence-corrected chi connectivity index (χ0v) is 14.2. The first-order valence-corrected chi connectivity index (χ1v) is 8.29. The highest BCUT2D eigenvalue weighted by atomic mass is 16.5.